The minimum atomic E-state index is -1.11. The second kappa shape index (κ2) is 13.6. The quantitative estimate of drug-likeness (QED) is 0.393. The molecule has 2 atom stereocenters. The summed E-state index contributed by atoms with van der Waals surface area (Å²) in [7, 11) is 1.21. The number of amides is 3. The summed E-state index contributed by atoms with van der Waals surface area (Å²) in [4.78, 5) is 53.5. The van der Waals surface area contributed by atoms with Crippen molar-refractivity contribution in [3.63, 3.8) is 0 Å². The van der Waals surface area contributed by atoms with Crippen LogP contribution in [0.25, 0.3) is 0 Å². The van der Waals surface area contributed by atoms with Crippen LogP contribution in [-0.2, 0) is 30.3 Å². The molecular formula is C29H39N3O7. The predicted molar refractivity (Wildman–Crippen MR) is 146 cm³/mol. The molecule has 0 heterocycles. The molecule has 0 radical (unpaired) electrons. The number of alkyl carbamates (subject to hydrolysis) is 1. The summed E-state index contributed by atoms with van der Waals surface area (Å²) in [6.07, 6.45) is -0.711. The van der Waals surface area contributed by atoms with Crippen LogP contribution in [-0.4, -0.2) is 65.2 Å². The maximum Gasteiger partial charge on any atom is 0.408 e. The van der Waals surface area contributed by atoms with Crippen molar-refractivity contribution >= 4 is 23.9 Å². The molecule has 2 aromatic rings. The number of nitrogens with zero attached hydrogens (tertiary/aromatic N) is 1. The molecule has 39 heavy (non-hydrogen) atoms. The summed E-state index contributed by atoms with van der Waals surface area (Å²) in [6.45, 7) is 10.2. The molecule has 212 valence electrons. The molecule has 0 bridgehead atoms. The van der Waals surface area contributed by atoms with Crippen molar-refractivity contribution < 1.29 is 33.8 Å². The average molecular weight is 542 g/mol. The molecule has 0 fully saturated rings. The molecule has 2 aromatic carbocycles. The Morgan fingerprint density at radius 2 is 1.56 bits per heavy atom. The van der Waals surface area contributed by atoms with Gasteiger partial charge in [0.15, 0.2) is 0 Å². The van der Waals surface area contributed by atoms with Crippen molar-refractivity contribution in [3.05, 3.63) is 65.2 Å². The van der Waals surface area contributed by atoms with E-state index in [1.807, 2.05) is 19.1 Å². The Morgan fingerprint density at radius 1 is 0.974 bits per heavy atom. The Balaban J connectivity index is 2.52. The number of ether oxygens (including phenoxy) is 2. The van der Waals surface area contributed by atoms with Crippen molar-refractivity contribution in [2.45, 2.75) is 71.7 Å². The van der Waals surface area contributed by atoms with Gasteiger partial charge in [-0.3, -0.25) is 14.4 Å². The summed E-state index contributed by atoms with van der Waals surface area (Å²) in [6, 6.07) is 10.7. The minimum absolute atomic E-state index is 0.0623. The van der Waals surface area contributed by atoms with E-state index in [2.05, 4.69) is 15.4 Å². The number of phenolic OH excluding ortho intramolecular Hbond substituents is 1. The van der Waals surface area contributed by atoms with Crippen LogP contribution in [0.3, 0.4) is 0 Å². The summed E-state index contributed by atoms with van der Waals surface area (Å²) in [5, 5.41) is 14.9. The fourth-order valence-corrected chi connectivity index (χ4v) is 3.89. The lowest BCUT2D eigenvalue weighted by atomic mass is 9.98. The zero-order valence-electron chi connectivity index (χ0n) is 23.6. The molecule has 3 N–H and O–H groups in total. The highest BCUT2D eigenvalue weighted by molar-refractivity contribution is 5.93. The van der Waals surface area contributed by atoms with Crippen LogP contribution >= 0.6 is 0 Å². The topological polar surface area (TPSA) is 134 Å². The van der Waals surface area contributed by atoms with E-state index in [1.165, 1.54) is 24.1 Å². The van der Waals surface area contributed by atoms with E-state index in [0.29, 0.717) is 11.1 Å². The normalized spacial score (nSPS) is 12.7. The van der Waals surface area contributed by atoms with Gasteiger partial charge in [-0.15, -0.1) is 0 Å². The van der Waals surface area contributed by atoms with Crippen LogP contribution in [0.4, 0.5) is 4.79 Å². The highest BCUT2D eigenvalue weighted by Crippen LogP contribution is 2.26. The van der Waals surface area contributed by atoms with Crippen LogP contribution in [0, 0.1) is 6.92 Å². The lowest BCUT2D eigenvalue weighted by molar-refractivity contribution is -0.146. The smallest absolute Gasteiger partial charge is 0.408 e. The Morgan fingerprint density at radius 3 is 2.08 bits per heavy atom. The van der Waals surface area contributed by atoms with E-state index in [0.717, 1.165) is 5.56 Å². The molecule has 0 saturated carbocycles. The summed E-state index contributed by atoms with van der Waals surface area (Å²) in [5.41, 5.74) is 1.37. The number of hydrogen-bond donors (Lipinski definition) is 3. The number of benzene rings is 2. The molecule has 0 aliphatic rings. The third-order valence-electron chi connectivity index (χ3n) is 5.73. The fraction of sp³-hybridized carbons (Fsp3) is 0.448. The summed E-state index contributed by atoms with van der Waals surface area (Å²) >= 11 is 0. The SMILES string of the molecule is COC(=O)CNC(=O)C(c1ccc(C)cc1)N(C(=O)C(Cc1ccc(O)cc1)NC(=O)OC(C)(C)C)C(C)C. The van der Waals surface area contributed by atoms with Crippen molar-refractivity contribution in [2.24, 2.45) is 0 Å². The summed E-state index contributed by atoms with van der Waals surface area (Å²) < 4.78 is 10.0. The summed E-state index contributed by atoms with van der Waals surface area (Å²) in [5.74, 6) is -1.67. The number of carbonyl (C=O) groups is 4. The zero-order chi connectivity index (χ0) is 29.3. The number of hydrogen-bond acceptors (Lipinski definition) is 7. The molecule has 2 rings (SSSR count). The van der Waals surface area contributed by atoms with Gasteiger partial charge in [0.05, 0.1) is 7.11 Å². The molecule has 2 unspecified atom stereocenters. The van der Waals surface area contributed by atoms with Gasteiger partial charge >= 0.3 is 12.1 Å². The maximum absolute atomic E-state index is 14.2. The Hall–Kier alpha value is -4.08. The number of carbonyl (C=O) groups excluding carboxylic acids is 4. The zero-order valence-corrected chi connectivity index (χ0v) is 23.6. The van der Waals surface area contributed by atoms with Crippen LogP contribution in [0.1, 0.15) is 57.4 Å². The second-order valence-electron chi connectivity index (χ2n) is 10.5. The van der Waals surface area contributed by atoms with E-state index in [-0.39, 0.29) is 18.7 Å². The average Bonchev–Trinajstić information content (AvgIpc) is 2.85. The number of esters is 1. The van der Waals surface area contributed by atoms with E-state index in [1.54, 1.807) is 58.9 Å². The second-order valence-corrected chi connectivity index (χ2v) is 10.5. The number of nitrogens with one attached hydrogen (secondary N) is 2. The van der Waals surface area contributed by atoms with Gasteiger partial charge in [0.1, 0.15) is 30.0 Å². The largest absolute Gasteiger partial charge is 0.508 e. The number of rotatable bonds is 10. The lowest BCUT2D eigenvalue weighted by Crippen LogP contribution is -2.56. The van der Waals surface area contributed by atoms with Crippen molar-refractivity contribution in [3.8, 4) is 5.75 Å². The number of aryl methyl sites for hydroxylation is 1. The van der Waals surface area contributed by atoms with Gasteiger partial charge in [-0.25, -0.2) is 4.79 Å². The van der Waals surface area contributed by atoms with Crippen molar-refractivity contribution in [1.29, 1.82) is 0 Å². The third kappa shape index (κ3) is 9.63. The molecule has 0 aliphatic heterocycles. The van der Waals surface area contributed by atoms with Crippen LogP contribution < -0.4 is 10.6 Å². The van der Waals surface area contributed by atoms with Crippen molar-refractivity contribution in [1.82, 2.24) is 15.5 Å². The predicted octanol–water partition coefficient (Wildman–Crippen LogP) is 3.40. The molecule has 0 aromatic heterocycles. The van der Waals surface area contributed by atoms with Crippen LogP contribution in [0.2, 0.25) is 0 Å². The minimum Gasteiger partial charge on any atom is -0.508 e. The Bertz CT molecular complexity index is 1140. The first-order valence-corrected chi connectivity index (χ1v) is 12.7. The highest BCUT2D eigenvalue weighted by Gasteiger charge is 2.38. The van der Waals surface area contributed by atoms with Gasteiger partial charge < -0.3 is 30.1 Å². The first-order valence-electron chi connectivity index (χ1n) is 12.7. The van der Waals surface area contributed by atoms with Crippen LogP contribution in [0.15, 0.2) is 48.5 Å². The van der Waals surface area contributed by atoms with Crippen molar-refractivity contribution in [2.75, 3.05) is 13.7 Å². The molecule has 3 amide bonds. The highest BCUT2D eigenvalue weighted by atomic mass is 16.6. The van der Waals surface area contributed by atoms with Gasteiger partial charge in [0.25, 0.3) is 0 Å². The van der Waals surface area contributed by atoms with E-state index in [9.17, 15) is 24.3 Å². The van der Waals surface area contributed by atoms with Gasteiger partial charge in [-0.2, -0.15) is 0 Å². The molecule has 0 aliphatic carbocycles. The van der Waals surface area contributed by atoms with E-state index in [4.69, 9.17) is 4.74 Å². The number of methoxy groups -OCH3 is 1. The van der Waals surface area contributed by atoms with Gasteiger partial charge in [-0.05, 0) is 64.8 Å². The number of phenols is 1. The van der Waals surface area contributed by atoms with Gasteiger partial charge in [0.2, 0.25) is 11.8 Å². The molecule has 10 nitrogen and oxygen atoms in total. The Labute approximate surface area is 229 Å². The number of aromatic hydroxyl groups is 1. The standard InChI is InChI=1S/C29H39N3O7/c1-18(2)32(25(21-12-8-19(3)9-13-21)26(35)30-17-24(34)38-7)27(36)23(31-28(37)39-29(4,5)6)16-20-10-14-22(33)15-11-20/h8-15,18,23,25,33H,16-17H2,1-7H3,(H,30,35)(H,31,37). The first-order chi connectivity index (χ1) is 18.2. The Kier molecular flexibility index (Phi) is 10.9. The van der Waals surface area contributed by atoms with Gasteiger partial charge in [0, 0.05) is 12.5 Å². The molecular weight excluding hydrogens is 502 g/mol. The van der Waals surface area contributed by atoms with Gasteiger partial charge in [-0.1, -0.05) is 42.0 Å². The molecule has 10 heteroatoms. The maximum atomic E-state index is 14.2. The fourth-order valence-electron chi connectivity index (χ4n) is 3.89. The lowest BCUT2D eigenvalue weighted by Gasteiger charge is -2.37. The van der Waals surface area contributed by atoms with Crippen LogP contribution in [0.5, 0.6) is 5.75 Å². The molecule has 0 spiro atoms. The third-order valence-corrected chi connectivity index (χ3v) is 5.73. The first kappa shape index (κ1) is 31.1. The monoisotopic (exact) mass is 541 g/mol. The molecule has 0 saturated heterocycles. The van der Waals surface area contributed by atoms with E-state index < -0.39 is 47.6 Å². The van der Waals surface area contributed by atoms with E-state index >= 15 is 0 Å².